The highest BCUT2D eigenvalue weighted by Crippen LogP contribution is 2.38. The van der Waals surface area contributed by atoms with Crippen LogP contribution in [0, 0.1) is 0 Å². The number of para-hydroxylation sites is 2. The zero-order chi connectivity index (χ0) is 35.6. The molecule has 0 aliphatic heterocycles. The van der Waals surface area contributed by atoms with E-state index in [2.05, 4.69) is 0 Å². The fraction of sp³-hybridized carbons (Fsp3) is 0. The number of fused-ring (bicyclic) bond motifs is 3. The van der Waals surface area contributed by atoms with Crippen LogP contribution in [0.3, 0.4) is 0 Å². The Morgan fingerprint density at radius 1 is 0.442 bits per heavy atom. The highest BCUT2D eigenvalue weighted by atomic mass is 15.1. The van der Waals surface area contributed by atoms with Gasteiger partial charge in [-0.2, -0.15) is 0 Å². The summed E-state index contributed by atoms with van der Waals surface area (Å²) in [7, 11) is 0. The Morgan fingerprint density at radius 3 is 1.44 bits per heavy atom. The predicted octanol–water partition coefficient (Wildman–Crippen LogP) is 9.64. The van der Waals surface area contributed by atoms with E-state index in [1.807, 2.05) is 103 Å². The van der Waals surface area contributed by atoms with Gasteiger partial charge in [0.25, 0.3) is 0 Å². The first-order chi connectivity index (χ1) is 24.7. The largest absolute Gasteiger partial charge is 0.309 e. The molecule has 8 rings (SSSR count). The number of hydrogen-bond acceptors (Lipinski definition) is 3. The van der Waals surface area contributed by atoms with Crippen LogP contribution >= 0.6 is 0 Å². The monoisotopic (exact) mass is 558 g/mol. The van der Waals surface area contributed by atoms with Crippen LogP contribution in [-0.4, -0.2) is 19.5 Å². The lowest BCUT2D eigenvalue weighted by Crippen LogP contribution is -2.04. The summed E-state index contributed by atoms with van der Waals surface area (Å²) in [4.78, 5) is 14.8. The Kier molecular flexibility index (Phi) is 4.36. The third kappa shape index (κ3) is 4.46. The molecule has 43 heavy (non-hydrogen) atoms. The molecule has 0 bridgehead atoms. The smallest absolute Gasteiger partial charge is 0.166 e. The van der Waals surface area contributed by atoms with Crippen LogP contribution in [0.1, 0.15) is 11.0 Å². The summed E-state index contributed by atoms with van der Waals surface area (Å²) in [6.07, 6.45) is 0. The zero-order valence-corrected chi connectivity index (χ0v) is 22.7. The standard InChI is InChI=1S/C39H26N4/c1-4-14-27(15-5-1)30-24-25-36(43-34-22-12-10-20-31(34)32-21-11-13-23-35(32)43)33(26-30)39-41-37(28-16-6-2-7-17-28)40-38(42-39)29-18-8-3-9-19-29/h1-26H/i10D,11D,12D,13D,20D,21D,22D,23D. The maximum absolute atomic E-state index is 9.07. The average molecular weight is 559 g/mol. The number of aromatic nitrogens is 4. The van der Waals surface area contributed by atoms with Crippen LogP contribution in [0.25, 0.3) is 72.8 Å². The first-order valence-electron chi connectivity index (χ1n) is 17.7. The molecule has 0 N–H and O–H groups in total. The first-order valence-corrected chi connectivity index (χ1v) is 13.7. The van der Waals surface area contributed by atoms with E-state index in [0.29, 0.717) is 22.9 Å². The number of benzene rings is 6. The van der Waals surface area contributed by atoms with Gasteiger partial charge in [0.05, 0.1) is 27.7 Å². The van der Waals surface area contributed by atoms with Crippen LogP contribution in [0.4, 0.5) is 0 Å². The minimum atomic E-state index is -0.504. The van der Waals surface area contributed by atoms with E-state index in [1.54, 1.807) is 6.07 Å². The van der Waals surface area contributed by atoms with Crippen LogP contribution in [0.5, 0.6) is 0 Å². The van der Waals surface area contributed by atoms with E-state index in [1.165, 1.54) is 4.57 Å². The van der Waals surface area contributed by atoms with Gasteiger partial charge in [0, 0.05) is 27.5 Å². The molecule has 4 heteroatoms. The highest BCUT2D eigenvalue weighted by molar-refractivity contribution is 6.09. The van der Waals surface area contributed by atoms with E-state index in [-0.39, 0.29) is 39.7 Å². The van der Waals surface area contributed by atoms with Gasteiger partial charge in [0.15, 0.2) is 17.5 Å². The fourth-order valence-corrected chi connectivity index (χ4v) is 5.31. The number of hydrogen-bond donors (Lipinski definition) is 0. The van der Waals surface area contributed by atoms with Crippen molar-refractivity contribution in [1.29, 1.82) is 0 Å². The van der Waals surface area contributed by atoms with Gasteiger partial charge in [-0.1, -0.05) is 133 Å². The summed E-state index contributed by atoms with van der Waals surface area (Å²) in [5.74, 6) is 1.07. The van der Waals surface area contributed by atoms with E-state index >= 15 is 0 Å². The summed E-state index contributed by atoms with van der Waals surface area (Å²) < 4.78 is 71.5. The summed E-state index contributed by atoms with van der Waals surface area (Å²) in [6.45, 7) is 0. The van der Waals surface area contributed by atoms with Gasteiger partial charge in [0.1, 0.15) is 0 Å². The maximum Gasteiger partial charge on any atom is 0.166 e. The third-order valence-corrected chi connectivity index (χ3v) is 7.32. The van der Waals surface area contributed by atoms with Crippen molar-refractivity contribution in [3.05, 3.63) is 158 Å². The molecule has 0 saturated carbocycles. The second kappa shape index (κ2) is 10.5. The van der Waals surface area contributed by atoms with Gasteiger partial charge in [0.2, 0.25) is 0 Å². The molecule has 0 radical (unpaired) electrons. The molecule has 0 amide bonds. The third-order valence-electron chi connectivity index (χ3n) is 7.32. The van der Waals surface area contributed by atoms with Gasteiger partial charge >= 0.3 is 0 Å². The molecule has 2 aromatic heterocycles. The predicted molar refractivity (Wildman–Crippen MR) is 176 cm³/mol. The van der Waals surface area contributed by atoms with Gasteiger partial charge in [-0.05, 0) is 35.3 Å². The van der Waals surface area contributed by atoms with E-state index in [4.69, 9.17) is 25.9 Å². The summed E-state index contributed by atoms with van der Waals surface area (Å²) >= 11 is 0. The minimum absolute atomic E-state index is 0.00770. The lowest BCUT2D eigenvalue weighted by Gasteiger charge is -2.16. The molecule has 0 unspecified atom stereocenters. The van der Waals surface area contributed by atoms with Crippen molar-refractivity contribution < 1.29 is 11.0 Å². The van der Waals surface area contributed by atoms with E-state index < -0.39 is 36.3 Å². The van der Waals surface area contributed by atoms with Crippen LogP contribution in [0.15, 0.2) is 158 Å². The Balaban J connectivity index is 1.56. The molecule has 0 aliphatic rings. The molecular weight excluding hydrogens is 524 g/mol. The van der Waals surface area contributed by atoms with Crippen molar-refractivity contribution in [2.45, 2.75) is 0 Å². The summed E-state index contributed by atoms with van der Waals surface area (Å²) in [5.41, 5.74) is 4.03. The fourth-order valence-electron chi connectivity index (χ4n) is 5.31. The lowest BCUT2D eigenvalue weighted by molar-refractivity contribution is 1.06. The Labute approximate surface area is 260 Å². The Hall–Kier alpha value is -5.87. The molecule has 0 fully saturated rings. The molecule has 8 aromatic rings. The minimum Gasteiger partial charge on any atom is -0.309 e. The number of rotatable bonds is 5. The molecule has 0 atom stereocenters. The van der Waals surface area contributed by atoms with Crippen molar-refractivity contribution in [2.24, 2.45) is 0 Å². The van der Waals surface area contributed by atoms with E-state index in [0.717, 1.165) is 22.3 Å². The maximum atomic E-state index is 9.07. The normalized spacial score (nSPS) is 13.9. The topological polar surface area (TPSA) is 43.6 Å². The summed E-state index contributed by atoms with van der Waals surface area (Å²) in [6, 6.07) is 30.6. The van der Waals surface area contributed by atoms with Crippen molar-refractivity contribution in [2.75, 3.05) is 0 Å². The van der Waals surface area contributed by atoms with Crippen LogP contribution in [-0.2, 0) is 0 Å². The molecule has 6 aromatic carbocycles. The van der Waals surface area contributed by atoms with E-state index in [9.17, 15) is 0 Å². The van der Waals surface area contributed by atoms with Crippen molar-refractivity contribution in [3.8, 4) is 51.0 Å². The van der Waals surface area contributed by atoms with Crippen LogP contribution in [0.2, 0.25) is 0 Å². The number of nitrogens with zero attached hydrogens (tertiary/aromatic N) is 4. The molecule has 4 nitrogen and oxygen atoms in total. The average Bonchev–Trinajstić information content (AvgIpc) is 3.54. The molecule has 202 valence electrons. The first kappa shape index (κ1) is 17.8. The van der Waals surface area contributed by atoms with Crippen molar-refractivity contribution >= 4 is 21.8 Å². The second-order valence-electron chi connectivity index (χ2n) is 9.92. The van der Waals surface area contributed by atoms with Crippen molar-refractivity contribution in [3.63, 3.8) is 0 Å². The summed E-state index contributed by atoms with van der Waals surface area (Å²) in [5, 5.41) is -0.0154. The quantitative estimate of drug-likeness (QED) is 0.211. The lowest BCUT2D eigenvalue weighted by atomic mass is 10.0. The molecule has 2 heterocycles. The molecular formula is C39H26N4. The SMILES string of the molecule is [2H]c1c([2H])c([2H])c2c(c1[2H])c1c([2H])c([2H])c([2H])c([2H])c1n2-c1ccc(-c2ccccc2)cc1-c1nc(-c2ccccc2)nc(-c2ccccc2)n1. The van der Waals surface area contributed by atoms with Gasteiger partial charge in [-0.25, -0.2) is 15.0 Å². The Bertz CT molecular complexity index is 2530. The molecule has 0 aliphatic carbocycles. The molecule has 0 spiro atoms. The van der Waals surface area contributed by atoms with Crippen molar-refractivity contribution in [1.82, 2.24) is 19.5 Å². The second-order valence-corrected chi connectivity index (χ2v) is 9.92. The molecule has 0 saturated heterocycles. The van der Waals surface area contributed by atoms with Gasteiger partial charge in [-0.3, -0.25) is 0 Å². The highest BCUT2D eigenvalue weighted by Gasteiger charge is 2.20. The Morgan fingerprint density at radius 2 is 0.907 bits per heavy atom. The van der Waals surface area contributed by atoms with Gasteiger partial charge < -0.3 is 4.57 Å². The van der Waals surface area contributed by atoms with Gasteiger partial charge in [-0.15, -0.1) is 0 Å². The van der Waals surface area contributed by atoms with Crippen LogP contribution < -0.4 is 0 Å². The zero-order valence-electron chi connectivity index (χ0n) is 30.7.